The Balaban J connectivity index is 2.50. The Morgan fingerprint density at radius 3 is 2.30 bits per heavy atom. The summed E-state index contributed by atoms with van der Waals surface area (Å²) in [5.41, 5.74) is 0.543. The zero-order valence-electron chi connectivity index (χ0n) is 20.8. The van der Waals surface area contributed by atoms with Gasteiger partial charge in [0, 0.05) is 6.42 Å². The number of carbonyl (C=O) groups excluding carboxylic acids is 2. The van der Waals surface area contributed by atoms with E-state index in [1.165, 1.54) is 7.11 Å². The molecule has 0 heterocycles. The molecule has 5 atom stereocenters. The molecule has 0 radical (unpaired) electrons. The normalized spacial score (nSPS) is 35.0. The molecule has 0 aromatic heterocycles. The van der Waals surface area contributed by atoms with E-state index in [4.69, 9.17) is 9.16 Å². The molecule has 0 saturated heterocycles. The third-order valence-electron chi connectivity index (χ3n) is 8.76. The van der Waals surface area contributed by atoms with Crippen LogP contribution in [0, 0.1) is 22.7 Å². The fourth-order valence-electron chi connectivity index (χ4n) is 5.87. The van der Waals surface area contributed by atoms with Crippen LogP contribution in [0.1, 0.15) is 80.1 Å². The maximum absolute atomic E-state index is 13.0. The molecule has 0 unspecified atom stereocenters. The van der Waals surface area contributed by atoms with Crippen molar-refractivity contribution in [3.8, 4) is 0 Å². The highest BCUT2D eigenvalue weighted by molar-refractivity contribution is 6.74. The van der Waals surface area contributed by atoms with Crippen molar-refractivity contribution in [2.45, 2.75) is 104 Å². The predicted molar refractivity (Wildman–Crippen MR) is 125 cm³/mol. The first kappa shape index (κ1) is 25.3. The van der Waals surface area contributed by atoms with Crippen molar-refractivity contribution in [1.29, 1.82) is 0 Å². The number of methoxy groups -OCH3 is 1. The fraction of sp³-hybridized carbons (Fsp3) is 0.840. The van der Waals surface area contributed by atoms with Crippen LogP contribution in [0.2, 0.25) is 18.1 Å². The number of ketones is 1. The Bertz CT molecular complexity index is 692. The molecule has 0 aliphatic heterocycles. The SMILES string of the molecule is C=C1[C@H](O[Si](C)(C)C(C)(C)C)C[C@@H]2[C@](C)(CCC[C@]2(C)C(=O)OC)[C@H]1CCC(C)=O. The van der Waals surface area contributed by atoms with Gasteiger partial charge in [0.25, 0.3) is 0 Å². The molecule has 2 aliphatic carbocycles. The fourth-order valence-corrected chi connectivity index (χ4v) is 7.18. The summed E-state index contributed by atoms with van der Waals surface area (Å²) in [4.78, 5) is 24.8. The van der Waals surface area contributed by atoms with E-state index in [1.54, 1.807) is 6.92 Å². The molecule has 0 aromatic rings. The van der Waals surface area contributed by atoms with E-state index in [9.17, 15) is 9.59 Å². The first-order chi connectivity index (χ1) is 13.6. The van der Waals surface area contributed by atoms with Crippen molar-refractivity contribution in [2.24, 2.45) is 22.7 Å². The zero-order valence-corrected chi connectivity index (χ0v) is 21.8. The van der Waals surface area contributed by atoms with Gasteiger partial charge in [0.1, 0.15) is 5.78 Å². The molecule has 0 spiro atoms. The van der Waals surface area contributed by atoms with E-state index in [2.05, 4.69) is 54.3 Å². The number of esters is 1. The average Bonchev–Trinajstić information content (AvgIpc) is 2.61. The minimum atomic E-state index is -2.02. The van der Waals surface area contributed by atoms with Gasteiger partial charge in [0.15, 0.2) is 8.32 Å². The van der Waals surface area contributed by atoms with Crippen molar-refractivity contribution >= 4 is 20.1 Å². The predicted octanol–water partition coefficient (Wildman–Crippen LogP) is 6.31. The van der Waals surface area contributed by atoms with Crippen molar-refractivity contribution in [3.05, 3.63) is 12.2 Å². The maximum Gasteiger partial charge on any atom is 0.311 e. The molecule has 30 heavy (non-hydrogen) atoms. The van der Waals surface area contributed by atoms with E-state index in [-0.39, 0.29) is 40.1 Å². The molecule has 0 N–H and O–H groups in total. The third kappa shape index (κ3) is 4.48. The van der Waals surface area contributed by atoms with Crippen LogP contribution in [0.25, 0.3) is 0 Å². The minimum absolute atomic E-state index is 0.0667. The monoisotopic (exact) mass is 436 g/mol. The molecular weight excluding hydrogens is 392 g/mol. The summed E-state index contributed by atoms with van der Waals surface area (Å²) in [7, 11) is -0.517. The number of Topliss-reactive ketones (excluding diaryl/α,β-unsaturated/α-hetero) is 1. The highest BCUT2D eigenvalue weighted by Gasteiger charge is 2.60. The van der Waals surface area contributed by atoms with Crippen LogP contribution in [-0.4, -0.2) is 33.3 Å². The lowest BCUT2D eigenvalue weighted by Crippen LogP contribution is -2.58. The lowest BCUT2D eigenvalue weighted by molar-refractivity contribution is -0.170. The van der Waals surface area contributed by atoms with Crippen molar-refractivity contribution in [3.63, 3.8) is 0 Å². The summed E-state index contributed by atoms with van der Waals surface area (Å²) < 4.78 is 12.2. The Labute approximate surface area is 185 Å². The summed E-state index contributed by atoms with van der Waals surface area (Å²) >= 11 is 0. The second-order valence-electron chi connectivity index (χ2n) is 11.8. The van der Waals surface area contributed by atoms with E-state index >= 15 is 0 Å². The van der Waals surface area contributed by atoms with Crippen LogP contribution in [0.15, 0.2) is 12.2 Å². The smallest absolute Gasteiger partial charge is 0.311 e. The number of fused-ring (bicyclic) bond motifs is 1. The van der Waals surface area contributed by atoms with Crippen LogP contribution < -0.4 is 0 Å². The van der Waals surface area contributed by atoms with Gasteiger partial charge in [-0.2, -0.15) is 0 Å². The van der Waals surface area contributed by atoms with Crippen LogP contribution in [-0.2, 0) is 18.8 Å². The maximum atomic E-state index is 13.0. The number of hydrogen-bond donors (Lipinski definition) is 0. The van der Waals surface area contributed by atoms with Gasteiger partial charge in [-0.3, -0.25) is 4.79 Å². The molecule has 0 bridgehead atoms. The number of carbonyl (C=O) groups is 2. The molecule has 2 rings (SSSR count). The molecule has 4 nitrogen and oxygen atoms in total. The van der Waals surface area contributed by atoms with E-state index in [0.717, 1.165) is 37.7 Å². The largest absolute Gasteiger partial charge is 0.469 e. The summed E-state index contributed by atoms with van der Waals surface area (Å²) in [5, 5.41) is 0.0983. The quantitative estimate of drug-likeness (QED) is 0.278. The van der Waals surface area contributed by atoms with Gasteiger partial charge in [0.2, 0.25) is 0 Å². The Kier molecular flexibility index (Phi) is 7.20. The van der Waals surface area contributed by atoms with E-state index in [1.807, 2.05) is 0 Å². The third-order valence-corrected chi connectivity index (χ3v) is 13.2. The second kappa shape index (κ2) is 8.53. The van der Waals surface area contributed by atoms with E-state index < -0.39 is 13.7 Å². The highest BCUT2D eigenvalue weighted by atomic mass is 28.4. The van der Waals surface area contributed by atoms with Gasteiger partial charge in [-0.1, -0.05) is 40.7 Å². The minimum Gasteiger partial charge on any atom is -0.469 e. The number of hydrogen-bond acceptors (Lipinski definition) is 4. The van der Waals surface area contributed by atoms with Gasteiger partial charge in [-0.05, 0) is 80.5 Å². The van der Waals surface area contributed by atoms with Gasteiger partial charge in [0.05, 0.1) is 18.6 Å². The Morgan fingerprint density at radius 1 is 1.20 bits per heavy atom. The Morgan fingerprint density at radius 2 is 1.80 bits per heavy atom. The lowest BCUT2D eigenvalue weighted by Gasteiger charge is -2.60. The van der Waals surface area contributed by atoms with Gasteiger partial charge < -0.3 is 14.0 Å². The Hall–Kier alpha value is -0.943. The molecule has 2 fully saturated rings. The summed E-state index contributed by atoms with van der Waals surface area (Å²) in [6.45, 7) is 21.9. The van der Waals surface area contributed by atoms with Gasteiger partial charge in [-0.15, -0.1) is 0 Å². The van der Waals surface area contributed by atoms with Crippen molar-refractivity contribution in [2.75, 3.05) is 7.11 Å². The number of rotatable bonds is 6. The molecule has 0 amide bonds. The van der Waals surface area contributed by atoms with Crippen molar-refractivity contribution < 1.29 is 18.8 Å². The topological polar surface area (TPSA) is 52.6 Å². The van der Waals surface area contributed by atoms with Crippen LogP contribution in [0.4, 0.5) is 0 Å². The van der Waals surface area contributed by atoms with Crippen LogP contribution in [0.3, 0.4) is 0 Å². The molecule has 5 heteroatoms. The van der Waals surface area contributed by atoms with Gasteiger partial charge in [-0.25, -0.2) is 0 Å². The lowest BCUT2D eigenvalue weighted by atomic mass is 9.46. The van der Waals surface area contributed by atoms with Crippen LogP contribution in [0.5, 0.6) is 0 Å². The van der Waals surface area contributed by atoms with E-state index in [0.29, 0.717) is 6.42 Å². The van der Waals surface area contributed by atoms with Crippen molar-refractivity contribution in [1.82, 2.24) is 0 Å². The van der Waals surface area contributed by atoms with Crippen LogP contribution >= 0.6 is 0 Å². The first-order valence-corrected chi connectivity index (χ1v) is 14.5. The average molecular weight is 437 g/mol. The van der Waals surface area contributed by atoms with Gasteiger partial charge >= 0.3 is 5.97 Å². The summed E-state index contributed by atoms with van der Waals surface area (Å²) in [5.74, 6) is 0.437. The summed E-state index contributed by atoms with van der Waals surface area (Å²) in [6.07, 6.45) is 4.98. The first-order valence-electron chi connectivity index (χ1n) is 11.5. The molecular formula is C25H44O4Si. The molecule has 172 valence electrons. The molecule has 2 saturated carbocycles. The molecule has 0 aromatic carbocycles. The highest BCUT2D eigenvalue weighted by Crippen LogP contribution is 2.63. The zero-order chi connectivity index (χ0) is 23.1. The number of ether oxygens (including phenoxy) is 1. The second-order valence-corrected chi connectivity index (χ2v) is 16.5. The molecule has 2 aliphatic rings. The summed E-state index contributed by atoms with van der Waals surface area (Å²) in [6, 6.07) is 0. The standard InChI is InChI=1S/C25H44O4Si/c1-17(26)12-13-19-18(2)20(29-30(9,10)23(3,4)5)16-21-24(19,6)14-11-15-25(21,7)22(27)28-8/h19-21H,2,11-16H2,1,3-10H3/t19-,20+,21+,24+,25-/m0/s1.